The molecule has 0 aromatic carbocycles. The van der Waals surface area contributed by atoms with Crippen molar-refractivity contribution in [1.29, 1.82) is 0 Å². The summed E-state index contributed by atoms with van der Waals surface area (Å²) in [4.78, 5) is 14.4. The maximum absolute atomic E-state index is 12.8. The molecule has 142 valence electrons. The highest BCUT2D eigenvalue weighted by atomic mass is 32.2. The molecule has 0 saturated carbocycles. The summed E-state index contributed by atoms with van der Waals surface area (Å²) >= 11 is 1.46. The number of rotatable bonds is 8. The van der Waals surface area contributed by atoms with Crippen molar-refractivity contribution in [3.63, 3.8) is 0 Å². The number of nitrogens with one attached hydrogen (secondary N) is 1. The summed E-state index contributed by atoms with van der Waals surface area (Å²) in [6.45, 7) is 5.58. The predicted molar refractivity (Wildman–Crippen MR) is 102 cm³/mol. The molecule has 26 heavy (non-hydrogen) atoms. The molecule has 0 bridgehead atoms. The van der Waals surface area contributed by atoms with E-state index in [1.54, 1.807) is 15.8 Å². The van der Waals surface area contributed by atoms with Gasteiger partial charge in [-0.25, -0.2) is 13.1 Å². The second-order valence-corrected chi connectivity index (χ2v) is 9.31. The lowest BCUT2D eigenvalue weighted by atomic mass is 10.3. The second kappa shape index (κ2) is 7.89. The summed E-state index contributed by atoms with van der Waals surface area (Å²) in [7, 11) is -3.67. The summed E-state index contributed by atoms with van der Waals surface area (Å²) < 4.78 is 29.9. The molecule has 0 spiro atoms. The van der Waals surface area contributed by atoms with Gasteiger partial charge in [0.1, 0.15) is 10.6 Å². The summed E-state index contributed by atoms with van der Waals surface area (Å²) in [5.74, 6) is 0.158. The summed E-state index contributed by atoms with van der Waals surface area (Å²) in [6.07, 6.45) is 3.68. The normalized spacial score (nSPS) is 15.3. The Labute approximate surface area is 158 Å². The van der Waals surface area contributed by atoms with Crippen LogP contribution in [0.4, 0.5) is 0 Å². The summed E-state index contributed by atoms with van der Waals surface area (Å²) in [5, 5.41) is 6.38. The zero-order valence-electron chi connectivity index (χ0n) is 15.0. The standard InChI is InChI=1S/C17H24N4O3S2/c1-13(2)21-12-15(17(19-21)14-6-4-11-25-14)26(23,24)18-8-5-10-20-9-3-7-16(20)22/h4,6,11-13,18H,3,5,7-10H2,1-2H3. The molecule has 1 saturated heterocycles. The molecule has 9 heteroatoms. The highest BCUT2D eigenvalue weighted by Gasteiger charge is 2.25. The zero-order chi connectivity index (χ0) is 18.7. The van der Waals surface area contributed by atoms with Gasteiger partial charge in [-0.3, -0.25) is 9.48 Å². The van der Waals surface area contributed by atoms with Crippen LogP contribution in [0.25, 0.3) is 10.6 Å². The van der Waals surface area contributed by atoms with Crippen molar-refractivity contribution >= 4 is 27.3 Å². The molecule has 7 nitrogen and oxygen atoms in total. The highest BCUT2D eigenvalue weighted by molar-refractivity contribution is 7.89. The van der Waals surface area contributed by atoms with Gasteiger partial charge in [-0.05, 0) is 38.1 Å². The van der Waals surface area contributed by atoms with E-state index in [0.29, 0.717) is 31.6 Å². The largest absolute Gasteiger partial charge is 0.343 e. The van der Waals surface area contributed by atoms with Gasteiger partial charge in [-0.15, -0.1) is 11.3 Å². The number of carbonyl (C=O) groups excluding carboxylic acids is 1. The van der Waals surface area contributed by atoms with E-state index >= 15 is 0 Å². The van der Waals surface area contributed by atoms with Crippen LogP contribution < -0.4 is 4.72 Å². The molecule has 1 fully saturated rings. The third-order valence-electron chi connectivity index (χ3n) is 4.34. The number of nitrogens with zero attached hydrogens (tertiary/aromatic N) is 3. The van der Waals surface area contributed by atoms with E-state index in [9.17, 15) is 13.2 Å². The lowest BCUT2D eigenvalue weighted by molar-refractivity contribution is -0.127. The Morgan fingerprint density at radius 3 is 2.81 bits per heavy atom. The number of likely N-dealkylation sites (tertiary alicyclic amines) is 1. The quantitative estimate of drug-likeness (QED) is 0.695. The average Bonchev–Trinajstić information content (AvgIpc) is 3.31. The van der Waals surface area contributed by atoms with Crippen molar-refractivity contribution in [2.75, 3.05) is 19.6 Å². The van der Waals surface area contributed by atoms with E-state index in [1.807, 2.05) is 31.4 Å². The van der Waals surface area contributed by atoms with Crippen LogP contribution >= 0.6 is 11.3 Å². The van der Waals surface area contributed by atoms with Gasteiger partial charge in [0.2, 0.25) is 15.9 Å². The Kier molecular flexibility index (Phi) is 5.79. The number of sulfonamides is 1. The minimum Gasteiger partial charge on any atom is -0.343 e. The van der Waals surface area contributed by atoms with Crippen molar-refractivity contribution in [3.05, 3.63) is 23.7 Å². The van der Waals surface area contributed by atoms with Crippen LogP contribution in [0.3, 0.4) is 0 Å². The minimum absolute atomic E-state index is 0.0684. The first kappa shape index (κ1) is 19.1. The van der Waals surface area contributed by atoms with Crippen LogP contribution in [-0.4, -0.2) is 48.6 Å². The minimum atomic E-state index is -3.67. The topological polar surface area (TPSA) is 84.3 Å². The van der Waals surface area contributed by atoms with Crippen molar-refractivity contribution in [1.82, 2.24) is 19.4 Å². The van der Waals surface area contributed by atoms with Gasteiger partial charge >= 0.3 is 0 Å². The SMILES string of the molecule is CC(C)n1cc(S(=O)(=O)NCCCN2CCCC2=O)c(-c2cccs2)n1. The van der Waals surface area contributed by atoms with E-state index in [0.717, 1.165) is 17.8 Å². The van der Waals surface area contributed by atoms with Crippen LogP contribution in [-0.2, 0) is 14.8 Å². The molecule has 1 N–H and O–H groups in total. The van der Waals surface area contributed by atoms with Crippen molar-refractivity contribution in [2.24, 2.45) is 0 Å². The highest BCUT2D eigenvalue weighted by Crippen LogP contribution is 2.30. The smallest absolute Gasteiger partial charge is 0.244 e. The fraction of sp³-hybridized carbons (Fsp3) is 0.529. The van der Waals surface area contributed by atoms with E-state index < -0.39 is 10.0 Å². The molecule has 0 aliphatic carbocycles. The molecule has 1 aliphatic rings. The first-order valence-electron chi connectivity index (χ1n) is 8.79. The van der Waals surface area contributed by atoms with Gasteiger partial charge in [-0.2, -0.15) is 5.10 Å². The Morgan fingerprint density at radius 1 is 1.38 bits per heavy atom. The number of amides is 1. The summed E-state index contributed by atoms with van der Waals surface area (Å²) in [5.41, 5.74) is 0.482. The number of hydrogen-bond acceptors (Lipinski definition) is 5. The molecule has 1 amide bonds. The van der Waals surface area contributed by atoms with Gasteiger partial charge in [0.25, 0.3) is 0 Å². The average molecular weight is 397 g/mol. The first-order chi connectivity index (χ1) is 12.4. The third-order valence-corrected chi connectivity index (χ3v) is 6.68. The van der Waals surface area contributed by atoms with Crippen LogP contribution in [0.15, 0.2) is 28.6 Å². The molecule has 1 aliphatic heterocycles. The van der Waals surface area contributed by atoms with E-state index in [4.69, 9.17) is 0 Å². The third kappa shape index (κ3) is 4.16. The van der Waals surface area contributed by atoms with E-state index in [2.05, 4.69) is 9.82 Å². The number of hydrogen-bond donors (Lipinski definition) is 1. The molecule has 3 rings (SSSR count). The van der Waals surface area contributed by atoms with Gasteiger partial charge in [-0.1, -0.05) is 6.07 Å². The monoisotopic (exact) mass is 396 g/mol. The first-order valence-corrected chi connectivity index (χ1v) is 11.2. The lowest BCUT2D eigenvalue weighted by Gasteiger charge is -2.15. The Bertz CT molecular complexity index is 857. The zero-order valence-corrected chi connectivity index (χ0v) is 16.6. The fourth-order valence-electron chi connectivity index (χ4n) is 2.91. The molecular formula is C17H24N4O3S2. The van der Waals surface area contributed by atoms with Crippen molar-refractivity contribution in [2.45, 2.75) is 44.0 Å². The molecule has 0 unspecified atom stereocenters. The van der Waals surface area contributed by atoms with Gasteiger partial charge in [0.05, 0.1) is 4.88 Å². The maximum Gasteiger partial charge on any atom is 0.244 e. The molecule has 3 heterocycles. The molecule has 2 aromatic heterocycles. The number of carbonyl (C=O) groups is 1. The lowest BCUT2D eigenvalue weighted by Crippen LogP contribution is -2.30. The van der Waals surface area contributed by atoms with Crippen molar-refractivity contribution in [3.8, 4) is 10.6 Å². The molecule has 2 aromatic rings. The Morgan fingerprint density at radius 2 is 2.19 bits per heavy atom. The molecular weight excluding hydrogens is 372 g/mol. The van der Waals surface area contributed by atoms with Crippen LogP contribution in [0, 0.1) is 0 Å². The number of thiophene rings is 1. The fourth-order valence-corrected chi connectivity index (χ4v) is 4.92. The van der Waals surface area contributed by atoms with Crippen LogP contribution in [0.2, 0.25) is 0 Å². The number of aromatic nitrogens is 2. The van der Waals surface area contributed by atoms with E-state index in [-0.39, 0.29) is 16.8 Å². The molecule has 0 radical (unpaired) electrons. The molecule has 0 atom stereocenters. The van der Waals surface area contributed by atoms with Gasteiger partial charge < -0.3 is 4.90 Å². The van der Waals surface area contributed by atoms with Crippen molar-refractivity contribution < 1.29 is 13.2 Å². The maximum atomic E-state index is 12.8. The van der Waals surface area contributed by atoms with Crippen LogP contribution in [0.5, 0.6) is 0 Å². The Hall–Kier alpha value is -1.71. The predicted octanol–water partition coefficient (Wildman–Crippen LogP) is 2.48. The Balaban J connectivity index is 1.71. The van der Waals surface area contributed by atoms with Crippen LogP contribution in [0.1, 0.15) is 39.2 Å². The van der Waals surface area contributed by atoms with Gasteiger partial charge in [0, 0.05) is 38.3 Å². The second-order valence-electron chi connectivity index (χ2n) is 6.63. The summed E-state index contributed by atoms with van der Waals surface area (Å²) in [6, 6.07) is 3.82. The van der Waals surface area contributed by atoms with Gasteiger partial charge in [0.15, 0.2) is 0 Å². The van der Waals surface area contributed by atoms with E-state index in [1.165, 1.54) is 11.3 Å².